The lowest BCUT2D eigenvalue weighted by molar-refractivity contribution is -0.143. The summed E-state index contributed by atoms with van der Waals surface area (Å²) in [5.41, 5.74) is -0.464. The van der Waals surface area contributed by atoms with Crippen LogP contribution in [0.3, 0.4) is 0 Å². The van der Waals surface area contributed by atoms with Crippen molar-refractivity contribution in [3.63, 3.8) is 0 Å². The normalized spacial score (nSPS) is 18.5. The second kappa shape index (κ2) is 3.00. The summed E-state index contributed by atoms with van der Waals surface area (Å²) < 4.78 is 0.733. The summed E-state index contributed by atoms with van der Waals surface area (Å²) in [6.07, 6.45) is 2.25. The van der Waals surface area contributed by atoms with Crippen molar-refractivity contribution in [1.29, 1.82) is 0 Å². The lowest BCUT2D eigenvalue weighted by Crippen LogP contribution is -2.16. The van der Waals surface area contributed by atoms with Crippen molar-refractivity contribution in [1.82, 2.24) is 0 Å². The first-order valence-corrected chi connectivity index (χ1v) is 5.29. The molecule has 1 aromatic heterocycles. The Morgan fingerprint density at radius 3 is 2.69 bits per heavy atom. The highest BCUT2D eigenvalue weighted by Crippen LogP contribution is 2.49. The Labute approximate surface area is 85.1 Å². The van der Waals surface area contributed by atoms with Gasteiger partial charge in [0.15, 0.2) is 0 Å². The van der Waals surface area contributed by atoms with Crippen molar-refractivity contribution in [3.05, 3.63) is 21.3 Å². The van der Waals surface area contributed by atoms with Crippen LogP contribution in [0.15, 0.2) is 12.1 Å². The molecule has 2 nitrogen and oxygen atoms in total. The molecule has 1 N–H and O–H groups in total. The molecule has 13 heavy (non-hydrogen) atoms. The van der Waals surface area contributed by atoms with Gasteiger partial charge in [-0.15, -0.1) is 11.3 Å². The number of halogens is 1. The lowest BCUT2D eigenvalue weighted by atomic mass is 10.0. The molecule has 0 unspecified atom stereocenters. The molecular weight excluding hydrogens is 208 g/mol. The molecule has 2 rings (SSSR count). The van der Waals surface area contributed by atoms with E-state index in [1.807, 2.05) is 12.1 Å². The van der Waals surface area contributed by atoms with Crippen molar-refractivity contribution < 1.29 is 9.90 Å². The van der Waals surface area contributed by atoms with Crippen LogP contribution in [0.1, 0.15) is 17.7 Å². The molecule has 0 aliphatic heterocycles. The van der Waals surface area contributed by atoms with E-state index in [2.05, 4.69) is 0 Å². The van der Waals surface area contributed by atoms with Gasteiger partial charge in [-0.05, 0) is 31.4 Å². The smallest absolute Gasteiger partial charge is 0.309 e. The van der Waals surface area contributed by atoms with Crippen molar-refractivity contribution >= 4 is 28.9 Å². The zero-order valence-corrected chi connectivity index (χ0v) is 8.49. The van der Waals surface area contributed by atoms with E-state index < -0.39 is 11.4 Å². The average Bonchev–Trinajstić information content (AvgIpc) is 2.72. The third-order valence-corrected chi connectivity index (χ3v) is 3.68. The van der Waals surface area contributed by atoms with Crippen LogP contribution in [0.25, 0.3) is 0 Å². The molecule has 70 valence electrons. The molecule has 0 spiro atoms. The fourth-order valence-electron chi connectivity index (χ4n) is 1.40. The summed E-state index contributed by atoms with van der Waals surface area (Å²) in [4.78, 5) is 11.9. The van der Waals surface area contributed by atoms with Gasteiger partial charge in [-0.3, -0.25) is 4.79 Å². The second-order valence-electron chi connectivity index (χ2n) is 3.47. The van der Waals surface area contributed by atoms with Crippen LogP contribution < -0.4 is 0 Å². The maximum Gasteiger partial charge on any atom is 0.309 e. The van der Waals surface area contributed by atoms with Crippen molar-refractivity contribution in [2.75, 3.05) is 0 Å². The average molecular weight is 217 g/mol. The van der Waals surface area contributed by atoms with Gasteiger partial charge in [0.05, 0.1) is 9.75 Å². The molecule has 0 atom stereocenters. The topological polar surface area (TPSA) is 37.3 Å². The molecule has 1 saturated carbocycles. The highest BCUT2D eigenvalue weighted by molar-refractivity contribution is 7.16. The third-order valence-electron chi connectivity index (χ3n) is 2.45. The summed E-state index contributed by atoms with van der Waals surface area (Å²) >= 11 is 7.23. The van der Waals surface area contributed by atoms with Crippen LogP contribution in [0.2, 0.25) is 4.34 Å². The van der Waals surface area contributed by atoms with E-state index in [1.54, 1.807) is 0 Å². The quantitative estimate of drug-likeness (QED) is 0.844. The van der Waals surface area contributed by atoms with E-state index >= 15 is 0 Å². The van der Waals surface area contributed by atoms with Crippen LogP contribution in [-0.4, -0.2) is 11.1 Å². The van der Waals surface area contributed by atoms with E-state index in [0.717, 1.165) is 22.1 Å². The molecule has 0 bridgehead atoms. The minimum atomic E-state index is -0.669. The molecule has 0 amide bonds. The Morgan fingerprint density at radius 1 is 1.62 bits per heavy atom. The molecular formula is C9H9ClO2S. The van der Waals surface area contributed by atoms with Gasteiger partial charge in [-0.2, -0.15) is 0 Å². The largest absolute Gasteiger partial charge is 0.481 e. The minimum absolute atomic E-state index is 0.464. The van der Waals surface area contributed by atoms with Gasteiger partial charge < -0.3 is 5.11 Å². The van der Waals surface area contributed by atoms with Crippen LogP contribution >= 0.6 is 22.9 Å². The number of carboxylic acids is 1. The Hall–Kier alpha value is -0.540. The maximum absolute atomic E-state index is 10.9. The van der Waals surface area contributed by atoms with Crippen LogP contribution in [0.4, 0.5) is 0 Å². The highest BCUT2D eigenvalue weighted by atomic mass is 35.5. The van der Waals surface area contributed by atoms with Gasteiger partial charge >= 0.3 is 5.97 Å². The van der Waals surface area contributed by atoms with Crippen molar-refractivity contribution in [2.45, 2.75) is 19.3 Å². The predicted octanol–water partition coefficient (Wildman–Crippen LogP) is 2.81. The summed E-state index contributed by atoms with van der Waals surface area (Å²) in [6, 6.07) is 3.73. The zero-order valence-electron chi connectivity index (χ0n) is 6.92. The first-order valence-electron chi connectivity index (χ1n) is 4.10. The minimum Gasteiger partial charge on any atom is -0.481 e. The van der Waals surface area contributed by atoms with Gasteiger partial charge in [0.25, 0.3) is 0 Å². The molecule has 0 aromatic carbocycles. The van der Waals surface area contributed by atoms with E-state index in [4.69, 9.17) is 16.7 Å². The van der Waals surface area contributed by atoms with Gasteiger partial charge in [0.2, 0.25) is 0 Å². The van der Waals surface area contributed by atoms with Crippen molar-refractivity contribution in [2.24, 2.45) is 5.41 Å². The summed E-state index contributed by atoms with van der Waals surface area (Å²) in [5, 5.41) is 8.94. The fraction of sp³-hybridized carbons (Fsp3) is 0.444. The summed E-state index contributed by atoms with van der Waals surface area (Å²) in [6.45, 7) is 0. The standard InChI is InChI=1S/C9H9ClO2S/c10-7-2-1-6(13-7)5-9(3-4-9)8(11)12/h1-2H,3-5H2,(H,11,12). The first-order chi connectivity index (χ1) is 6.12. The molecule has 1 aliphatic carbocycles. The molecule has 1 heterocycles. The summed E-state index contributed by atoms with van der Waals surface area (Å²) in [5.74, 6) is -0.669. The molecule has 0 radical (unpaired) electrons. The molecule has 0 saturated heterocycles. The van der Waals surface area contributed by atoms with E-state index in [9.17, 15) is 4.79 Å². The Bertz CT molecular complexity index is 341. The van der Waals surface area contributed by atoms with Crippen LogP contribution in [-0.2, 0) is 11.2 Å². The fourth-order valence-corrected chi connectivity index (χ4v) is 2.63. The zero-order chi connectivity index (χ0) is 9.47. The van der Waals surface area contributed by atoms with Gasteiger partial charge in [0, 0.05) is 4.88 Å². The maximum atomic E-state index is 10.9. The molecule has 1 aliphatic rings. The van der Waals surface area contributed by atoms with E-state index in [0.29, 0.717) is 6.42 Å². The third kappa shape index (κ3) is 1.71. The number of thiophene rings is 1. The highest BCUT2D eigenvalue weighted by Gasteiger charge is 2.50. The second-order valence-corrected chi connectivity index (χ2v) is 5.27. The van der Waals surface area contributed by atoms with Gasteiger partial charge in [-0.1, -0.05) is 11.6 Å². The molecule has 4 heteroatoms. The molecule has 1 aromatic rings. The van der Waals surface area contributed by atoms with Crippen LogP contribution in [0.5, 0.6) is 0 Å². The monoisotopic (exact) mass is 216 g/mol. The number of carbonyl (C=O) groups is 1. The van der Waals surface area contributed by atoms with E-state index in [-0.39, 0.29) is 0 Å². The Balaban J connectivity index is 2.10. The van der Waals surface area contributed by atoms with E-state index in [1.165, 1.54) is 11.3 Å². The number of rotatable bonds is 3. The SMILES string of the molecule is O=C(O)C1(Cc2ccc(Cl)s2)CC1. The van der Waals surface area contributed by atoms with Crippen molar-refractivity contribution in [3.8, 4) is 0 Å². The molecule has 1 fully saturated rings. The Morgan fingerprint density at radius 2 is 2.31 bits per heavy atom. The summed E-state index contributed by atoms with van der Waals surface area (Å²) in [7, 11) is 0. The van der Waals surface area contributed by atoms with Gasteiger partial charge in [-0.25, -0.2) is 0 Å². The number of hydrogen-bond donors (Lipinski definition) is 1. The predicted molar refractivity (Wildman–Crippen MR) is 52.3 cm³/mol. The number of hydrogen-bond acceptors (Lipinski definition) is 2. The van der Waals surface area contributed by atoms with Crippen LogP contribution in [0, 0.1) is 5.41 Å². The lowest BCUT2D eigenvalue weighted by Gasteiger charge is -2.06. The van der Waals surface area contributed by atoms with Gasteiger partial charge in [0.1, 0.15) is 0 Å². The first kappa shape index (κ1) is 9.03. The Kier molecular flexibility index (Phi) is 2.08. The number of aliphatic carboxylic acids is 1. The number of carboxylic acid groups (broad SMARTS) is 1.